The Morgan fingerprint density at radius 1 is 1.43 bits per heavy atom. The maximum absolute atomic E-state index is 10.9. The number of hydrogen-bond donors (Lipinski definition) is 1. The molecular formula is C16H24N2O3. The predicted molar refractivity (Wildman–Crippen MR) is 82.1 cm³/mol. The molecule has 1 heterocycles. The van der Waals surface area contributed by atoms with Crippen LogP contribution in [0.3, 0.4) is 0 Å². The SMILES string of the molecule is CCC1(CO)CCN(C(C)c2cccc([N+](=O)[O-])c2)CC1. The van der Waals surface area contributed by atoms with Crippen LogP contribution in [-0.2, 0) is 0 Å². The zero-order chi connectivity index (χ0) is 15.5. The molecule has 0 radical (unpaired) electrons. The summed E-state index contributed by atoms with van der Waals surface area (Å²) in [6.07, 6.45) is 2.97. The molecule has 0 aromatic heterocycles. The van der Waals surface area contributed by atoms with Crippen molar-refractivity contribution < 1.29 is 10.0 Å². The van der Waals surface area contributed by atoms with Crippen LogP contribution in [-0.4, -0.2) is 34.6 Å². The number of aliphatic hydroxyl groups excluding tert-OH is 1. The highest BCUT2D eigenvalue weighted by Gasteiger charge is 2.34. The number of benzene rings is 1. The summed E-state index contributed by atoms with van der Waals surface area (Å²) in [5.74, 6) is 0. The van der Waals surface area contributed by atoms with E-state index in [-0.39, 0.29) is 28.7 Å². The highest BCUT2D eigenvalue weighted by molar-refractivity contribution is 5.35. The molecule has 1 aromatic carbocycles. The van der Waals surface area contributed by atoms with Crippen LogP contribution in [0.5, 0.6) is 0 Å². The lowest BCUT2D eigenvalue weighted by Crippen LogP contribution is -2.42. The van der Waals surface area contributed by atoms with Crippen molar-refractivity contribution in [2.75, 3.05) is 19.7 Å². The van der Waals surface area contributed by atoms with Gasteiger partial charge in [-0.1, -0.05) is 19.1 Å². The quantitative estimate of drug-likeness (QED) is 0.669. The first-order chi connectivity index (χ1) is 10.0. The van der Waals surface area contributed by atoms with Crippen LogP contribution in [0.1, 0.15) is 44.7 Å². The minimum absolute atomic E-state index is 0.0684. The van der Waals surface area contributed by atoms with E-state index >= 15 is 0 Å². The van der Waals surface area contributed by atoms with E-state index in [1.54, 1.807) is 12.1 Å². The molecule has 1 aliphatic rings. The van der Waals surface area contributed by atoms with Crippen molar-refractivity contribution in [2.24, 2.45) is 5.41 Å². The van der Waals surface area contributed by atoms with Crippen molar-refractivity contribution in [2.45, 2.75) is 39.2 Å². The molecule has 1 atom stereocenters. The molecule has 0 bridgehead atoms. The lowest BCUT2D eigenvalue weighted by Gasteiger charge is -2.42. The summed E-state index contributed by atoms with van der Waals surface area (Å²) in [5.41, 5.74) is 1.20. The molecule has 5 nitrogen and oxygen atoms in total. The van der Waals surface area contributed by atoms with Gasteiger partial charge in [0.05, 0.1) is 4.92 Å². The maximum Gasteiger partial charge on any atom is 0.269 e. The van der Waals surface area contributed by atoms with Crippen molar-refractivity contribution in [1.29, 1.82) is 0 Å². The van der Waals surface area contributed by atoms with Gasteiger partial charge in [0.15, 0.2) is 0 Å². The number of nitro groups is 1. The number of likely N-dealkylation sites (tertiary alicyclic amines) is 1. The molecule has 21 heavy (non-hydrogen) atoms. The van der Waals surface area contributed by atoms with Gasteiger partial charge in [0, 0.05) is 24.8 Å². The Kier molecular flexibility index (Phi) is 4.96. The first-order valence-corrected chi connectivity index (χ1v) is 7.60. The van der Waals surface area contributed by atoms with Crippen LogP contribution >= 0.6 is 0 Å². The lowest BCUT2D eigenvalue weighted by molar-refractivity contribution is -0.385. The maximum atomic E-state index is 10.9. The van der Waals surface area contributed by atoms with Gasteiger partial charge < -0.3 is 5.11 Å². The van der Waals surface area contributed by atoms with Gasteiger partial charge in [-0.2, -0.15) is 0 Å². The second-order valence-corrected chi connectivity index (χ2v) is 6.08. The normalized spacial score (nSPS) is 20.1. The molecule has 1 N–H and O–H groups in total. The van der Waals surface area contributed by atoms with Crippen LogP contribution in [0.15, 0.2) is 24.3 Å². The van der Waals surface area contributed by atoms with E-state index in [9.17, 15) is 15.2 Å². The third kappa shape index (κ3) is 3.41. The number of aliphatic hydroxyl groups is 1. The van der Waals surface area contributed by atoms with E-state index in [0.29, 0.717) is 0 Å². The van der Waals surface area contributed by atoms with E-state index in [2.05, 4.69) is 18.7 Å². The van der Waals surface area contributed by atoms with Crippen LogP contribution in [0.4, 0.5) is 5.69 Å². The third-order valence-electron chi connectivity index (χ3n) is 5.06. The largest absolute Gasteiger partial charge is 0.396 e. The summed E-state index contributed by atoms with van der Waals surface area (Å²) in [6.45, 7) is 6.34. The summed E-state index contributed by atoms with van der Waals surface area (Å²) in [5, 5.41) is 20.5. The molecule has 1 aliphatic heterocycles. The van der Waals surface area contributed by atoms with Crippen molar-refractivity contribution in [3.8, 4) is 0 Å². The van der Waals surface area contributed by atoms with E-state index < -0.39 is 0 Å². The fourth-order valence-corrected chi connectivity index (χ4v) is 3.12. The standard InChI is InChI=1S/C16H24N2O3/c1-3-16(12-19)7-9-17(10-8-16)13(2)14-5-4-6-15(11-14)18(20)21/h4-6,11,13,19H,3,7-10,12H2,1-2H3. The minimum Gasteiger partial charge on any atom is -0.396 e. The zero-order valence-corrected chi connectivity index (χ0v) is 12.8. The average molecular weight is 292 g/mol. The molecule has 0 aliphatic carbocycles. The predicted octanol–water partition coefficient (Wildman–Crippen LogP) is 3.14. The molecule has 2 rings (SSSR count). The average Bonchev–Trinajstić information content (AvgIpc) is 2.54. The molecule has 1 fully saturated rings. The summed E-state index contributed by atoms with van der Waals surface area (Å²) >= 11 is 0. The van der Waals surface area contributed by atoms with Gasteiger partial charge in [0.25, 0.3) is 5.69 Å². The molecule has 1 aromatic rings. The molecule has 0 amide bonds. The molecule has 1 unspecified atom stereocenters. The van der Waals surface area contributed by atoms with E-state index in [0.717, 1.165) is 37.9 Å². The van der Waals surface area contributed by atoms with Crippen molar-refractivity contribution in [3.05, 3.63) is 39.9 Å². The summed E-state index contributed by atoms with van der Waals surface area (Å²) in [6, 6.07) is 7.06. The molecule has 5 heteroatoms. The van der Waals surface area contributed by atoms with Gasteiger partial charge in [0.1, 0.15) is 0 Å². The molecule has 116 valence electrons. The second-order valence-electron chi connectivity index (χ2n) is 6.08. The number of non-ortho nitro benzene ring substituents is 1. The monoisotopic (exact) mass is 292 g/mol. The Hall–Kier alpha value is -1.46. The molecular weight excluding hydrogens is 268 g/mol. The number of hydrogen-bond acceptors (Lipinski definition) is 4. The number of rotatable bonds is 5. The highest BCUT2D eigenvalue weighted by atomic mass is 16.6. The van der Waals surface area contributed by atoms with Crippen molar-refractivity contribution in [3.63, 3.8) is 0 Å². The fraction of sp³-hybridized carbons (Fsp3) is 0.625. The summed E-state index contributed by atoms with van der Waals surface area (Å²) in [7, 11) is 0. The lowest BCUT2D eigenvalue weighted by atomic mass is 9.76. The number of nitrogens with zero attached hydrogens (tertiary/aromatic N) is 2. The Labute approximate surface area is 125 Å². The fourth-order valence-electron chi connectivity index (χ4n) is 3.12. The summed E-state index contributed by atoms with van der Waals surface area (Å²) < 4.78 is 0. The Balaban J connectivity index is 2.06. The van der Waals surface area contributed by atoms with Gasteiger partial charge in [-0.3, -0.25) is 15.0 Å². The van der Waals surface area contributed by atoms with Gasteiger partial charge in [-0.05, 0) is 50.3 Å². The Bertz CT molecular complexity index is 490. The first-order valence-electron chi connectivity index (χ1n) is 7.60. The van der Waals surface area contributed by atoms with Crippen molar-refractivity contribution >= 4 is 5.69 Å². The number of piperidine rings is 1. The van der Waals surface area contributed by atoms with Gasteiger partial charge >= 0.3 is 0 Å². The summed E-state index contributed by atoms with van der Waals surface area (Å²) in [4.78, 5) is 12.9. The Morgan fingerprint density at radius 3 is 2.62 bits per heavy atom. The van der Waals surface area contributed by atoms with Gasteiger partial charge in [-0.15, -0.1) is 0 Å². The van der Waals surface area contributed by atoms with Crippen LogP contribution in [0.25, 0.3) is 0 Å². The van der Waals surface area contributed by atoms with Crippen LogP contribution in [0.2, 0.25) is 0 Å². The van der Waals surface area contributed by atoms with Gasteiger partial charge in [-0.25, -0.2) is 0 Å². The highest BCUT2D eigenvalue weighted by Crippen LogP contribution is 2.37. The minimum atomic E-state index is -0.347. The smallest absolute Gasteiger partial charge is 0.269 e. The third-order valence-corrected chi connectivity index (χ3v) is 5.06. The van der Waals surface area contributed by atoms with E-state index in [1.165, 1.54) is 6.07 Å². The van der Waals surface area contributed by atoms with Crippen LogP contribution in [0, 0.1) is 15.5 Å². The topological polar surface area (TPSA) is 66.6 Å². The zero-order valence-electron chi connectivity index (χ0n) is 12.8. The second kappa shape index (κ2) is 6.54. The van der Waals surface area contributed by atoms with Crippen LogP contribution < -0.4 is 0 Å². The Morgan fingerprint density at radius 2 is 2.10 bits per heavy atom. The van der Waals surface area contributed by atoms with Gasteiger partial charge in [0.2, 0.25) is 0 Å². The molecule has 1 saturated heterocycles. The number of nitro benzene ring substituents is 1. The van der Waals surface area contributed by atoms with E-state index in [4.69, 9.17) is 0 Å². The van der Waals surface area contributed by atoms with E-state index in [1.807, 2.05) is 6.07 Å². The van der Waals surface area contributed by atoms with Crippen molar-refractivity contribution in [1.82, 2.24) is 4.90 Å². The first kappa shape index (κ1) is 15.9. The molecule has 0 saturated carbocycles. The molecule has 0 spiro atoms.